The number of guanidine groups is 1. The zero-order chi connectivity index (χ0) is 15.0. The smallest absolute Gasteiger partial charge is 0.196 e. The number of aliphatic imine (C=N–C) groups is 1. The molecule has 0 radical (unpaired) electrons. The Morgan fingerprint density at radius 2 is 2.00 bits per heavy atom. The fraction of sp³-hybridized carbons (Fsp3) is 0.533. The Kier molecular flexibility index (Phi) is 3.73. The van der Waals surface area contributed by atoms with Gasteiger partial charge in [0, 0.05) is 19.2 Å². The summed E-state index contributed by atoms with van der Waals surface area (Å²) in [6.07, 6.45) is 0.762. The summed E-state index contributed by atoms with van der Waals surface area (Å²) in [6.45, 7) is 6.77. The molecule has 1 aliphatic heterocycles. The van der Waals surface area contributed by atoms with Crippen LogP contribution in [-0.2, 0) is 4.74 Å². The van der Waals surface area contributed by atoms with Gasteiger partial charge >= 0.3 is 0 Å². The third kappa shape index (κ3) is 2.77. The Morgan fingerprint density at radius 3 is 2.55 bits per heavy atom. The minimum atomic E-state index is -0.285. The van der Waals surface area contributed by atoms with E-state index in [0.29, 0.717) is 12.5 Å². The van der Waals surface area contributed by atoms with Crippen LogP contribution in [0.5, 0.6) is 0 Å². The first-order chi connectivity index (χ1) is 9.27. The second kappa shape index (κ2) is 5.05. The third-order valence-corrected chi connectivity index (χ3v) is 3.79. The van der Waals surface area contributed by atoms with Gasteiger partial charge in [-0.2, -0.15) is 0 Å². The van der Waals surface area contributed by atoms with Gasteiger partial charge in [-0.25, -0.2) is 4.39 Å². The van der Waals surface area contributed by atoms with Gasteiger partial charge in [0.1, 0.15) is 5.82 Å². The van der Waals surface area contributed by atoms with E-state index in [-0.39, 0.29) is 17.0 Å². The molecule has 0 aromatic heterocycles. The Balaban J connectivity index is 2.32. The Bertz CT molecular complexity index is 512. The van der Waals surface area contributed by atoms with Crippen LogP contribution in [0.2, 0.25) is 0 Å². The molecular formula is C15H22FN3O. The van der Waals surface area contributed by atoms with E-state index in [1.165, 1.54) is 12.1 Å². The Labute approximate surface area is 119 Å². The quantitative estimate of drug-likeness (QED) is 0.921. The number of anilines is 1. The number of nitrogens with zero attached hydrogens (tertiary/aromatic N) is 2. The van der Waals surface area contributed by atoms with E-state index >= 15 is 0 Å². The summed E-state index contributed by atoms with van der Waals surface area (Å²) in [4.78, 5) is 6.32. The molecule has 20 heavy (non-hydrogen) atoms. The summed E-state index contributed by atoms with van der Waals surface area (Å²) in [5.41, 5.74) is 6.31. The van der Waals surface area contributed by atoms with Gasteiger partial charge < -0.3 is 15.4 Å². The van der Waals surface area contributed by atoms with E-state index in [9.17, 15) is 4.39 Å². The third-order valence-electron chi connectivity index (χ3n) is 3.79. The van der Waals surface area contributed by atoms with Crippen LogP contribution in [0.4, 0.5) is 10.1 Å². The van der Waals surface area contributed by atoms with Crippen LogP contribution in [0.3, 0.4) is 0 Å². The first-order valence-electron chi connectivity index (χ1n) is 6.68. The van der Waals surface area contributed by atoms with Gasteiger partial charge in [0.15, 0.2) is 5.96 Å². The zero-order valence-electron chi connectivity index (χ0n) is 12.5. The lowest BCUT2D eigenvalue weighted by atomic mass is 9.86. The molecule has 1 atom stereocenters. The molecule has 0 fully saturated rings. The number of hydrogen-bond acceptors (Lipinski definition) is 4. The Morgan fingerprint density at radius 1 is 1.40 bits per heavy atom. The van der Waals surface area contributed by atoms with Gasteiger partial charge in [-0.05, 0) is 45.0 Å². The van der Waals surface area contributed by atoms with Crippen LogP contribution in [0, 0.1) is 5.82 Å². The van der Waals surface area contributed by atoms with Gasteiger partial charge in [-0.1, -0.05) is 0 Å². The van der Waals surface area contributed by atoms with E-state index in [0.717, 1.165) is 12.1 Å². The van der Waals surface area contributed by atoms with Crippen molar-refractivity contribution in [2.24, 2.45) is 10.7 Å². The largest absolute Gasteiger partial charge is 0.379 e. The van der Waals surface area contributed by atoms with Crippen LogP contribution < -0.4 is 10.6 Å². The second-order valence-electron chi connectivity index (χ2n) is 6.12. The summed E-state index contributed by atoms with van der Waals surface area (Å²) in [5.74, 6) is 0.202. The molecule has 0 spiro atoms. The van der Waals surface area contributed by atoms with E-state index in [2.05, 4.69) is 11.9 Å². The van der Waals surface area contributed by atoms with Crippen molar-refractivity contribution in [2.45, 2.75) is 38.3 Å². The summed E-state index contributed by atoms with van der Waals surface area (Å²) in [6, 6.07) is 6.31. The molecule has 4 nitrogen and oxygen atoms in total. The molecule has 1 unspecified atom stereocenters. The summed E-state index contributed by atoms with van der Waals surface area (Å²) in [7, 11) is 1.70. The molecule has 0 bridgehead atoms. The Hall–Kier alpha value is -1.62. The fourth-order valence-corrected chi connectivity index (χ4v) is 2.83. The molecule has 1 aromatic rings. The molecule has 5 heteroatoms. The van der Waals surface area contributed by atoms with Crippen molar-refractivity contribution in [1.82, 2.24) is 0 Å². The second-order valence-corrected chi connectivity index (χ2v) is 6.12. The lowest BCUT2D eigenvalue weighted by molar-refractivity contribution is 0.00151. The fourth-order valence-electron chi connectivity index (χ4n) is 2.83. The lowest BCUT2D eigenvalue weighted by Gasteiger charge is -2.41. The van der Waals surface area contributed by atoms with Gasteiger partial charge in [-0.15, -0.1) is 0 Å². The van der Waals surface area contributed by atoms with Crippen molar-refractivity contribution in [1.29, 1.82) is 0 Å². The molecule has 1 aliphatic rings. The SMILES string of the molecule is COC(C)(C)CC1(C)CN=C(N)N1c1ccc(F)cc1. The van der Waals surface area contributed by atoms with Crippen LogP contribution in [-0.4, -0.2) is 30.8 Å². The predicted molar refractivity (Wildman–Crippen MR) is 79.5 cm³/mol. The van der Waals surface area contributed by atoms with Gasteiger partial charge in [-0.3, -0.25) is 4.99 Å². The number of methoxy groups -OCH3 is 1. The number of hydrogen-bond donors (Lipinski definition) is 1. The molecule has 0 saturated carbocycles. The molecule has 2 rings (SSSR count). The van der Waals surface area contributed by atoms with Crippen LogP contribution in [0.15, 0.2) is 29.3 Å². The van der Waals surface area contributed by atoms with E-state index in [4.69, 9.17) is 10.5 Å². The molecule has 1 aromatic carbocycles. The van der Waals surface area contributed by atoms with Gasteiger partial charge in [0.2, 0.25) is 0 Å². The molecule has 0 saturated heterocycles. The summed E-state index contributed by atoms with van der Waals surface area (Å²) in [5, 5.41) is 0. The molecule has 2 N–H and O–H groups in total. The highest BCUT2D eigenvalue weighted by Crippen LogP contribution is 2.35. The van der Waals surface area contributed by atoms with E-state index < -0.39 is 0 Å². The standard InChI is InChI=1S/C15H22FN3O/c1-14(2,20-4)9-15(3)10-18-13(17)19(15)12-7-5-11(16)6-8-12/h5-8H,9-10H2,1-4H3,(H2,17,18). The van der Waals surface area contributed by atoms with Crippen molar-refractivity contribution >= 4 is 11.6 Å². The molecule has 0 amide bonds. The number of halogens is 1. The maximum Gasteiger partial charge on any atom is 0.196 e. The van der Waals surface area contributed by atoms with Crippen molar-refractivity contribution in [2.75, 3.05) is 18.6 Å². The maximum absolute atomic E-state index is 13.1. The normalized spacial score (nSPS) is 23.1. The monoisotopic (exact) mass is 279 g/mol. The highest BCUT2D eigenvalue weighted by molar-refractivity contribution is 5.98. The average Bonchev–Trinajstić information content (AvgIpc) is 2.66. The topological polar surface area (TPSA) is 50.9 Å². The van der Waals surface area contributed by atoms with Crippen molar-refractivity contribution in [3.05, 3.63) is 30.1 Å². The minimum absolute atomic E-state index is 0.262. The van der Waals surface area contributed by atoms with Gasteiger partial charge in [0.05, 0.1) is 17.7 Å². The van der Waals surface area contributed by atoms with E-state index in [1.807, 2.05) is 18.7 Å². The van der Waals surface area contributed by atoms with Crippen LogP contribution >= 0.6 is 0 Å². The number of benzene rings is 1. The van der Waals surface area contributed by atoms with Crippen LogP contribution in [0.25, 0.3) is 0 Å². The van der Waals surface area contributed by atoms with Crippen molar-refractivity contribution < 1.29 is 9.13 Å². The highest BCUT2D eigenvalue weighted by atomic mass is 19.1. The summed E-state index contributed by atoms with van der Waals surface area (Å²) < 4.78 is 18.6. The van der Waals surface area contributed by atoms with Crippen LogP contribution in [0.1, 0.15) is 27.2 Å². The molecular weight excluding hydrogens is 257 g/mol. The van der Waals surface area contributed by atoms with Crippen molar-refractivity contribution in [3.63, 3.8) is 0 Å². The number of ether oxygens (including phenoxy) is 1. The highest BCUT2D eigenvalue weighted by Gasteiger charge is 2.43. The molecule has 110 valence electrons. The first kappa shape index (κ1) is 14.8. The minimum Gasteiger partial charge on any atom is -0.379 e. The lowest BCUT2D eigenvalue weighted by Crippen LogP contribution is -2.53. The number of rotatable bonds is 4. The molecule has 1 heterocycles. The predicted octanol–water partition coefficient (Wildman–Crippen LogP) is 2.53. The molecule has 0 aliphatic carbocycles. The van der Waals surface area contributed by atoms with Gasteiger partial charge in [0.25, 0.3) is 0 Å². The average molecular weight is 279 g/mol. The summed E-state index contributed by atoms with van der Waals surface area (Å²) >= 11 is 0. The number of nitrogens with two attached hydrogens (primary N) is 1. The van der Waals surface area contributed by atoms with E-state index in [1.54, 1.807) is 19.2 Å². The maximum atomic E-state index is 13.1. The zero-order valence-corrected chi connectivity index (χ0v) is 12.5. The van der Waals surface area contributed by atoms with Crippen molar-refractivity contribution in [3.8, 4) is 0 Å². The first-order valence-corrected chi connectivity index (χ1v) is 6.68.